The highest BCUT2D eigenvalue weighted by Crippen LogP contribution is 2.32. The number of benzene rings is 1. The van der Waals surface area contributed by atoms with Gasteiger partial charge in [-0.1, -0.05) is 19.1 Å². The van der Waals surface area contributed by atoms with Gasteiger partial charge in [-0.3, -0.25) is 0 Å². The molecular weight excluding hydrogens is 234 g/mol. The van der Waals surface area contributed by atoms with Gasteiger partial charge in [-0.2, -0.15) is 0 Å². The number of fused-ring (bicyclic) bond motifs is 1. The number of anilines is 2. The summed E-state index contributed by atoms with van der Waals surface area (Å²) >= 11 is 0. The Hall–Kier alpha value is -1.77. The van der Waals surface area contributed by atoms with Crippen LogP contribution in [0.5, 0.6) is 0 Å². The van der Waals surface area contributed by atoms with Crippen molar-refractivity contribution in [2.75, 3.05) is 30.4 Å². The van der Waals surface area contributed by atoms with Gasteiger partial charge in [0.25, 0.3) is 0 Å². The summed E-state index contributed by atoms with van der Waals surface area (Å²) in [6, 6.07) is 6.75. The molecule has 0 saturated carbocycles. The third-order valence-electron chi connectivity index (χ3n) is 4.01. The Morgan fingerprint density at radius 1 is 1.21 bits per heavy atom. The van der Waals surface area contributed by atoms with Crippen molar-refractivity contribution in [2.45, 2.75) is 26.2 Å². The van der Waals surface area contributed by atoms with Gasteiger partial charge in [-0.15, -0.1) is 0 Å². The molecule has 100 valence electrons. The Morgan fingerprint density at radius 2 is 2.00 bits per heavy atom. The van der Waals surface area contributed by atoms with E-state index >= 15 is 0 Å². The number of hydrogen-bond acceptors (Lipinski definition) is 3. The van der Waals surface area contributed by atoms with Crippen LogP contribution < -0.4 is 10.2 Å². The maximum absolute atomic E-state index is 4.70. The number of nitrogens with one attached hydrogen (secondary N) is 1. The van der Waals surface area contributed by atoms with E-state index < -0.39 is 0 Å². The van der Waals surface area contributed by atoms with Crippen molar-refractivity contribution in [1.29, 1.82) is 0 Å². The first kappa shape index (κ1) is 12.3. The van der Waals surface area contributed by atoms with Crippen molar-refractivity contribution in [3.05, 3.63) is 30.0 Å². The standard InChI is InChI=1S/C16H21N3/c1-3-12-6-7-13-14(10-12)16(18-11-15(13)17-2)19-8-4-5-9-19/h6-7,10-11,17H,3-5,8-9H2,1-2H3. The van der Waals surface area contributed by atoms with Gasteiger partial charge >= 0.3 is 0 Å². The molecule has 1 saturated heterocycles. The molecule has 0 radical (unpaired) electrons. The predicted octanol–water partition coefficient (Wildman–Crippen LogP) is 3.44. The minimum atomic E-state index is 1.07. The summed E-state index contributed by atoms with van der Waals surface area (Å²) < 4.78 is 0. The summed E-state index contributed by atoms with van der Waals surface area (Å²) in [5.41, 5.74) is 2.49. The molecule has 2 aromatic rings. The lowest BCUT2D eigenvalue weighted by Gasteiger charge is -2.20. The van der Waals surface area contributed by atoms with Gasteiger partial charge in [0, 0.05) is 30.9 Å². The molecule has 1 aromatic carbocycles. The van der Waals surface area contributed by atoms with E-state index in [0.717, 1.165) is 31.0 Å². The van der Waals surface area contributed by atoms with Crippen molar-refractivity contribution >= 4 is 22.3 Å². The topological polar surface area (TPSA) is 28.2 Å². The van der Waals surface area contributed by atoms with E-state index in [2.05, 4.69) is 35.3 Å². The highest BCUT2D eigenvalue weighted by Gasteiger charge is 2.17. The molecule has 0 unspecified atom stereocenters. The van der Waals surface area contributed by atoms with Crippen molar-refractivity contribution in [3.63, 3.8) is 0 Å². The Bertz CT molecular complexity index is 586. The molecule has 19 heavy (non-hydrogen) atoms. The lowest BCUT2D eigenvalue weighted by Crippen LogP contribution is -2.19. The summed E-state index contributed by atoms with van der Waals surface area (Å²) in [5, 5.41) is 5.80. The SMILES string of the molecule is CCc1ccc2c(NC)cnc(N3CCCC3)c2c1. The van der Waals surface area contributed by atoms with E-state index in [1.165, 1.54) is 29.2 Å². The zero-order valence-electron chi connectivity index (χ0n) is 11.7. The van der Waals surface area contributed by atoms with E-state index in [-0.39, 0.29) is 0 Å². The minimum Gasteiger partial charge on any atom is -0.386 e. The average molecular weight is 255 g/mol. The average Bonchev–Trinajstić information content (AvgIpc) is 2.99. The highest BCUT2D eigenvalue weighted by molar-refractivity contribution is 6.00. The lowest BCUT2D eigenvalue weighted by atomic mass is 10.0. The van der Waals surface area contributed by atoms with Crippen LogP contribution in [0.1, 0.15) is 25.3 Å². The van der Waals surface area contributed by atoms with Gasteiger partial charge in [-0.25, -0.2) is 4.98 Å². The summed E-state index contributed by atoms with van der Waals surface area (Å²) in [4.78, 5) is 7.12. The molecule has 0 amide bonds. The number of aromatic nitrogens is 1. The van der Waals surface area contributed by atoms with Gasteiger partial charge in [0.2, 0.25) is 0 Å². The lowest BCUT2D eigenvalue weighted by molar-refractivity contribution is 0.946. The number of nitrogens with zero attached hydrogens (tertiary/aromatic N) is 2. The molecule has 0 spiro atoms. The largest absolute Gasteiger partial charge is 0.386 e. The second kappa shape index (κ2) is 5.08. The zero-order chi connectivity index (χ0) is 13.2. The van der Waals surface area contributed by atoms with Crippen LogP contribution in [-0.4, -0.2) is 25.1 Å². The first-order chi connectivity index (χ1) is 9.33. The summed E-state index contributed by atoms with van der Waals surface area (Å²) in [7, 11) is 1.96. The molecule has 0 atom stereocenters. The Labute approximate surface area is 114 Å². The quantitative estimate of drug-likeness (QED) is 0.910. The van der Waals surface area contributed by atoms with Gasteiger partial charge in [0.05, 0.1) is 11.9 Å². The van der Waals surface area contributed by atoms with E-state index in [1.54, 1.807) is 0 Å². The normalized spacial score (nSPS) is 15.2. The fourth-order valence-corrected chi connectivity index (χ4v) is 2.88. The fraction of sp³-hybridized carbons (Fsp3) is 0.438. The van der Waals surface area contributed by atoms with Crippen molar-refractivity contribution in [1.82, 2.24) is 4.98 Å². The molecule has 0 aliphatic carbocycles. The van der Waals surface area contributed by atoms with Crippen LogP contribution in [0, 0.1) is 0 Å². The van der Waals surface area contributed by atoms with Gasteiger partial charge in [0.15, 0.2) is 0 Å². The van der Waals surface area contributed by atoms with Crippen molar-refractivity contribution in [2.24, 2.45) is 0 Å². The third kappa shape index (κ3) is 2.14. The smallest absolute Gasteiger partial charge is 0.136 e. The van der Waals surface area contributed by atoms with Crippen LogP contribution in [0.25, 0.3) is 10.8 Å². The maximum atomic E-state index is 4.70. The number of hydrogen-bond donors (Lipinski definition) is 1. The van der Waals surface area contributed by atoms with Gasteiger partial charge in [0.1, 0.15) is 5.82 Å². The second-order valence-corrected chi connectivity index (χ2v) is 5.17. The highest BCUT2D eigenvalue weighted by atomic mass is 15.2. The summed E-state index contributed by atoms with van der Waals surface area (Å²) in [6.07, 6.45) is 5.59. The number of rotatable bonds is 3. The zero-order valence-corrected chi connectivity index (χ0v) is 11.7. The Balaban J connectivity index is 2.20. The molecule has 1 aromatic heterocycles. The van der Waals surface area contributed by atoms with Crippen molar-refractivity contribution in [3.8, 4) is 0 Å². The molecule has 1 fully saturated rings. The van der Waals surface area contributed by atoms with Crippen molar-refractivity contribution < 1.29 is 0 Å². The number of pyridine rings is 1. The van der Waals surface area contributed by atoms with Crippen LogP contribution >= 0.6 is 0 Å². The predicted molar refractivity (Wildman–Crippen MR) is 82.1 cm³/mol. The van der Waals surface area contributed by atoms with Crippen LogP contribution in [-0.2, 0) is 6.42 Å². The molecule has 1 aliphatic heterocycles. The first-order valence-corrected chi connectivity index (χ1v) is 7.18. The monoisotopic (exact) mass is 255 g/mol. The molecular formula is C16H21N3. The Kier molecular flexibility index (Phi) is 3.28. The first-order valence-electron chi connectivity index (χ1n) is 7.18. The molecule has 1 aliphatic rings. The van der Waals surface area contributed by atoms with Crippen LogP contribution in [0.3, 0.4) is 0 Å². The summed E-state index contributed by atoms with van der Waals surface area (Å²) in [5.74, 6) is 1.15. The molecule has 3 nitrogen and oxygen atoms in total. The molecule has 3 rings (SSSR count). The van der Waals surface area contributed by atoms with E-state index in [1.807, 2.05) is 13.2 Å². The molecule has 1 N–H and O–H groups in total. The minimum absolute atomic E-state index is 1.07. The molecule has 2 heterocycles. The molecule has 3 heteroatoms. The third-order valence-corrected chi connectivity index (χ3v) is 4.01. The second-order valence-electron chi connectivity index (χ2n) is 5.17. The van der Waals surface area contributed by atoms with Crippen LogP contribution in [0.2, 0.25) is 0 Å². The van der Waals surface area contributed by atoms with E-state index in [0.29, 0.717) is 0 Å². The van der Waals surface area contributed by atoms with Gasteiger partial charge in [-0.05, 0) is 30.9 Å². The fourth-order valence-electron chi connectivity index (χ4n) is 2.88. The maximum Gasteiger partial charge on any atom is 0.136 e. The summed E-state index contributed by atoms with van der Waals surface area (Å²) in [6.45, 7) is 4.47. The van der Waals surface area contributed by atoms with Crippen LogP contribution in [0.15, 0.2) is 24.4 Å². The van der Waals surface area contributed by atoms with E-state index in [4.69, 9.17) is 4.98 Å². The Morgan fingerprint density at radius 3 is 2.68 bits per heavy atom. The van der Waals surface area contributed by atoms with Gasteiger partial charge < -0.3 is 10.2 Å². The van der Waals surface area contributed by atoms with Crippen LogP contribution in [0.4, 0.5) is 11.5 Å². The number of aryl methyl sites for hydroxylation is 1. The molecule has 0 bridgehead atoms. The van der Waals surface area contributed by atoms with E-state index in [9.17, 15) is 0 Å².